The van der Waals surface area contributed by atoms with Crippen molar-refractivity contribution in [3.8, 4) is 0 Å². The van der Waals surface area contributed by atoms with E-state index in [0.29, 0.717) is 5.54 Å². The summed E-state index contributed by atoms with van der Waals surface area (Å²) in [6.45, 7) is 6.45. The molecular weight excluding hydrogens is 234 g/mol. The Hall–Kier alpha value is -0.120. The van der Waals surface area contributed by atoms with Crippen LogP contribution in [-0.4, -0.2) is 61.2 Å². The van der Waals surface area contributed by atoms with Crippen LogP contribution < -0.4 is 5.32 Å². The minimum absolute atomic E-state index is 0.476. The fourth-order valence-electron chi connectivity index (χ4n) is 4.43. The van der Waals surface area contributed by atoms with Crippen LogP contribution in [0.15, 0.2) is 0 Å². The second-order valence-electron chi connectivity index (χ2n) is 7.13. The van der Waals surface area contributed by atoms with Crippen molar-refractivity contribution in [2.75, 3.05) is 39.8 Å². The van der Waals surface area contributed by atoms with Gasteiger partial charge in [0, 0.05) is 24.7 Å². The fraction of sp³-hybridized carbons (Fsp3) is 1.00. The second-order valence-corrected chi connectivity index (χ2v) is 7.13. The summed E-state index contributed by atoms with van der Waals surface area (Å²) in [4.78, 5) is 5.38. The predicted molar refractivity (Wildman–Crippen MR) is 80.5 cm³/mol. The summed E-state index contributed by atoms with van der Waals surface area (Å²) >= 11 is 0. The molecule has 2 heterocycles. The van der Waals surface area contributed by atoms with E-state index in [1.54, 1.807) is 0 Å². The first-order valence-electron chi connectivity index (χ1n) is 8.45. The molecule has 3 rings (SSSR count). The maximum absolute atomic E-state index is 3.88. The topological polar surface area (TPSA) is 18.5 Å². The predicted octanol–water partition coefficient (Wildman–Crippen LogP) is 2.08. The first-order valence-corrected chi connectivity index (χ1v) is 8.45. The van der Waals surface area contributed by atoms with Crippen molar-refractivity contribution in [1.29, 1.82) is 0 Å². The van der Waals surface area contributed by atoms with Crippen molar-refractivity contribution in [1.82, 2.24) is 15.1 Å². The van der Waals surface area contributed by atoms with Crippen molar-refractivity contribution < 1.29 is 0 Å². The second kappa shape index (κ2) is 6.11. The molecule has 110 valence electrons. The number of hydrogen-bond acceptors (Lipinski definition) is 3. The number of nitrogens with zero attached hydrogens (tertiary/aromatic N) is 2. The van der Waals surface area contributed by atoms with Crippen LogP contribution >= 0.6 is 0 Å². The van der Waals surface area contributed by atoms with E-state index in [2.05, 4.69) is 22.2 Å². The quantitative estimate of drug-likeness (QED) is 0.825. The van der Waals surface area contributed by atoms with Gasteiger partial charge in [0.25, 0.3) is 0 Å². The van der Waals surface area contributed by atoms with Crippen LogP contribution in [0.3, 0.4) is 0 Å². The molecule has 0 aromatic rings. The Kier molecular flexibility index (Phi) is 4.45. The van der Waals surface area contributed by atoms with Crippen LogP contribution in [0.2, 0.25) is 0 Å². The van der Waals surface area contributed by atoms with Gasteiger partial charge in [-0.15, -0.1) is 0 Å². The van der Waals surface area contributed by atoms with Gasteiger partial charge in [0.2, 0.25) is 0 Å². The van der Waals surface area contributed by atoms with Crippen LogP contribution in [0.25, 0.3) is 0 Å². The largest absolute Gasteiger partial charge is 0.310 e. The molecule has 0 radical (unpaired) electrons. The zero-order valence-electron chi connectivity index (χ0n) is 12.7. The Labute approximate surface area is 118 Å². The van der Waals surface area contributed by atoms with E-state index in [4.69, 9.17) is 0 Å². The van der Waals surface area contributed by atoms with Gasteiger partial charge in [-0.25, -0.2) is 0 Å². The van der Waals surface area contributed by atoms with Crippen LogP contribution in [0.4, 0.5) is 0 Å². The summed E-state index contributed by atoms with van der Waals surface area (Å²) in [5.41, 5.74) is 0.476. The van der Waals surface area contributed by atoms with Gasteiger partial charge in [-0.05, 0) is 58.8 Å². The van der Waals surface area contributed by atoms with Gasteiger partial charge in [0.15, 0.2) is 0 Å². The van der Waals surface area contributed by atoms with Crippen LogP contribution in [-0.2, 0) is 0 Å². The van der Waals surface area contributed by atoms with Gasteiger partial charge in [0.05, 0.1) is 0 Å². The maximum atomic E-state index is 3.88. The molecule has 1 atom stereocenters. The third kappa shape index (κ3) is 3.32. The molecule has 1 aliphatic carbocycles. The Balaban J connectivity index is 1.59. The molecule has 3 heteroatoms. The summed E-state index contributed by atoms with van der Waals surface area (Å²) in [7, 11) is 2.32. The van der Waals surface area contributed by atoms with Crippen LogP contribution in [0.1, 0.15) is 51.4 Å². The number of likely N-dealkylation sites (tertiary alicyclic amines) is 1. The number of nitrogens with one attached hydrogen (secondary N) is 1. The fourth-order valence-corrected chi connectivity index (χ4v) is 4.43. The van der Waals surface area contributed by atoms with E-state index in [1.165, 1.54) is 84.1 Å². The summed E-state index contributed by atoms with van der Waals surface area (Å²) in [5.74, 6) is 0. The zero-order valence-corrected chi connectivity index (χ0v) is 12.7. The summed E-state index contributed by atoms with van der Waals surface area (Å²) < 4.78 is 0. The third-order valence-corrected chi connectivity index (χ3v) is 5.63. The number of likely N-dealkylation sites (N-methyl/N-ethyl adjacent to an activating group) is 1. The van der Waals surface area contributed by atoms with Crippen molar-refractivity contribution in [3.05, 3.63) is 0 Å². The van der Waals surface area contributed by atoms with E-state index in [0.717, 1.165) is 6.04 Å². The van der Waals surface area contributed by atoms with Crippen molar-refractivity contribution >= 4 is 0 Å². The molecular formula is C16H31N3. The first-order chi connectivity index (χ1) is 9.27. The van der Waals surface area contributed by atoms with Gasteiger partial charge in [0.1, 0.15) is 0 Å². The first kappa shape index (κ1) is 13.8. The summed E-state index contributed by atoms with van der Waals surface area (Å²) in [6.07, 6.45) is 11.3. The molecule has 3 nitrogen and oxygen atoms in total. The lowest BCUT2D eigenvalue weighted by molar-refractivity contribution is 0.115. The molecule has 0 aromatic carbocycles. The van der Waals surface area contributed by atoms with E-state index in [1.807, 2.05) is 0 Å². The average Bonchev–Trinajstić information content (AvgIpc) is 2.76. The van der Waals surface area contributed by atoms with E-state index >= 15 is 0 Å². The normalized spacial score (nSPS) is 33.6. The molecule has 2 saturated heterocycles. The molecule has 3 aliphatic rings. The molecule has 0 aromatic heterocycles. The SMILES string of the molecule is CN1CCCCC1CN1CCCNC2(CCCC2)C1. The smallest absolute Gasteiger partial charge is 0.0308 e. The number of hydrogen-bond donors (Lipinski definition) is 1. The Morgan fingerprint density at radius 2 is 1.89 bits per heavy atom. The monoisotopic (exact) mass is 265 g/mol. The highest BCUT2D eigenvalue weighted by Gasteiger charge is 2.37. The molecule has 1 spiro atoms. The number of rotatable bonds is 2. The highest BCUT2D eigenvalue weighted by molar-refractivity contribution is 4.97. The highest BCUT2D eigenvalue weighted by Crippen LogP contribution is 2.32. The lowest BCUT2D eigenvalue weighted by Crippen LogP contribution is -2.52. The van der Waals surface area contributed by atoms with Crippen molar-refractivity contribution in [2.45, 2.75) is 62.9 Å². The Morgan fingerprint density at radius 1 is 1.05 bits per heavy atom. The van der Waals surface area contributed by atoms with Crippen LogP contribution in [0.5, 0.6) is 0 Å². The van der Waals surface area contributed by atoms with E-state index in [-0.39, 0.29) is 0 Å². The van der Waals surface area contributed by atoms with Gasteiger partial charge in [-0.1, -0.05) is 19.3 Å². The summed E-state index contributed by atoms with van der Waals surface area (Å²) in [6, 6.07) is 0.810. The molecule has 1 unspecified atom stereocenters. The maximum Gasteiger partial charge on any atom is 0.0308 e. The standard InChI is InChI=1S/C16H31N3/c1-18-11-5-2-7-15(18)13-19-12-6-10-17-16(14-19)8-3-4-9-16/h15,17H,2-14H2,1H3. The van der Waals surface area contributed by atoms with Crippen molar-refractivity contribution in [2.24, 2.45) is 0 Å². The van der Waals surface area contributed by atoms with Gasteiger partial charge in [-0.2, -0.15) is 0 Å². The molecule has 19 heavy (non-hydrogen) atoms. The Bertz CT molecular complexity index is 286. The molecule has 3 fully saturated rings. The Morgan fingerprint density at radius 3 is 2.68 bits per heavy atom. The van der Waals surface area contributed by atoms with E-state index < -0.39 is 0 Å². The highest BCUT2D eigenvalue weighted by atomic mass is 15.2. The van der Waals surface area contributed by atoms with Gasteiger partial charge in [-0.3, -0.25) is 4.90 Å². The third-order valence-electron chi connectivity index (χ3n) is 5.63. The average molecular weight is 265 g/mol. The lowest BCUT2D eigenvalue weighted by atomic mass is 9.96. The molecule has 2 aliphatic heterocycles. The number of piperidine rings is 1. The van der Waals surface area contributed by atoms with Crippen LogP contribution in [0, 0.1) is 0 Å². The summed E-state index contributed by atoms with van der Waals surface area (Å²) in [5, 5.41) is 3.88. The van der Waals surface area contributed by atoms with Gasteiger partial charge >= 0.3 is 0 Å². The minimum atomic E-state index is 0.476. The molecule has 0 amide bonds. The molecule has 0 bridgehead atoms. The molecule has 1 N–H and O–H groups in total. The van der Waals surface area contributed by atoms with Crippen molar-refractivity contribution in [3.63, 3.8) is 0 Å². The zero-order chi connectivity index (χ0) is 13.1. The lowest BCUT2D eigenvalue weighted by Gasteiger charge is -2.39. The van der Waals surface area contributed by atoms with Gasteiger partial charge < -0.3 is 10.2 Å². The molecule has 1 saturated carbocycles. The van der Waals surface area contributed by atoms with E-state index in [9.17, 15) is 0 Å². The minimum Gasteiger partial charge on any atom is -0.310 e.